The molecule has 0 aromatic heterocycles. The smallest absolute Gasteiger partial charge is 0.267 e. The third-order valence-electron chi connectivity index (χ3n) is 4.10. The lowest BCUT2D eigenvalue weighted by Gasteiger charge is -2.39. The van der Waals surface area contributed by atoms with Gasteiger partial charge in [-0.2, -0.15) is 5.01 Å². The Morgan fingerprint density at radius 1 is 0.893 bits per heavy atom. The molecule has 0 N–H and O–H groups in total. The van der Waals surface area contributed by atoms with Crippen molar-refractivity contribution in [2.45, 2.75) is 26.3 Å². The van der Waals surface area contributed by atoms with Crippen LogP contribution in [0.25, 0.3) is 0 Å². The molecule has 2 aromatic rings. The van der Waals surface area contributed by atoms with Crippen LogP contribution in [0.5, 0.6) is 0 Å². The number of hydrogen-bond acceptors (Lipinski definition) is 4. The Kier molecular flexibility index (Phi) is 4.95. The zero-order valence-corrected chi connectivity index (χ0v) is 16.3. The average molecular weight is 400 g/mol. The van der Waals surface area contributed by atoms with Crippen LogP contribution in [0.4, 0.5) is 10.5 Å². The molecule has 2 aromatic carbocycles. The highest BCUT2D eigenvalue weighted by atomic mass is 35.5. The number of rotatable bonds is 3. The van der Waals surface area contributed by atoms with Crippen LogP contribution < -0.4 is 4.90 Å². The van der Waals surface area contributed by atoms with Gasteiger partial charge in [0.25, 0.3) is 5.91 Å². The second-order valence-electron chi connectivity index (χ2n) is 7.14. The fourth-order valence-corrected chi connectivity index (χ4v) is 3.10. The summed E-state index contributed by atoms with van der Waals surface area (Å²) in [6.07, 6.45) is 0. The number of carbonyl (C=O) groups excluding carboxylic acids is 4. The van der Waals surface area contributed by atoms with E-state index in [1.54, 1.807) is 51.1 Å². The van der Waals surface area contributed by atoms with Gasteiger partial charge in [-0.3, -0.25) is 14.4 Å². The lowest BCUT2D eigenvalue weighted by atomic mass is 10.1. The van der Waals surface area contributed by atoms with Gasteiger partial charge in [-0.1, -0.05) is 41.9 Å². The number of nitrogens with zero attached hydrogens (tertiary/aromatic N) is 3. The van der Waals surface area contributed by atoms with Gasteiger partial charge in [-0.25, -0.2) is 14.7 Å². The van der Waals surface area contributed by atoms with Gasteiger partial charge < -0.3 is 0 Å². The Hall–Kier alpha value is -3.19. The fraction of sp³-hybridized carbons (Fsp3) is 0.200. The Morgan fingerprint density at radius 3 is 2.04 bits per heavy atom. The molecule has 5 amide bonds. The first-order valence-corrected chi connectivity index (χ1v) is 8.89. The second-order valence-corrected chi connectivity index (χ2v) is 7.55. The van der Waals surface area contributed by atoms with E-state index in [-0.39, 0.29) is 16.3 Å². The van der Waals surface area contributed by atoms with Crippen molar-refractivity contribution in [2.75, 3.05) is 4.90 Å². The maximum Gasteiger partial charge on any atom is 0.358 e. The third kappa shape index (κ3) is 3.25. The largest absolute Gasteiger partial charge is 0.358 e. The summed E-state index contributed by atoms with van der Waals surface area (Å²) < 4.78 is 0. The number of benzene rings is 2. The molecule has 0 spiro atoms. The van der Waals surface area contributed by atoms with Crippen molar-refractivity contribution in [2.24, 2.45) is 0 Å². The van der Waals surface area contributed by atoms with E-state index in [4.69, 9.17) is 11.6 Å². The summed E-state index contributed by atoms with van der Waals surface area (Å²) in [5, 5.41) is 1.73. The molecule has 144 valence electrons. The molecule has 1 aliphatic rings. The van der Waals surface area contributed by atoms with Crippen molar-refractivity contribution < 1.29 is 19.2 Å². The predicted octanol–water partition coefficient (Wildman–Crippen LogP) is 3.49. The van der Waals surface area contributed by atoms with E-state index in [1.165, 1.54) is 24.3 Å². The summed E-state index contributed by atoms with van der Waals surface area (Å²) >= 11 is 6.13. The maximum atomic E-state index is 13.2. The highest BCUT2D eigenvalue weighted by Crippen LogP contribution is 2.29. The standard InChI is InChI=1S/C20H18ClN3O4/c1-20(2,3)24(16(25)14-11-7-8-12-15(14)21)23-18(27)17(26)22(19(23)28)13-9-5-4-6-10-13/h4-12H,1-3H3. The number of halogens is 1. The molecule has 8 heteroatoms. The molecule has 0 unspecified atom stereocenters. The fourth-order valence-electron chi connectivity index (χ4n) is 2.88. The van der Waals surface area contributed by atoms with Crippen LogP contribution in [0.15, 0.2) is 54.6 Å². The molecule has 0 radical (unpaired) electrons. The number of amides is 5. The minimum Gasteiger partial charge on any atom is -0.267 e. The van der Waals surface area contributed by atoms with Crippen LogP contribution in [0.2, 0.25) is 5.02 Å². The Labute approximate surface area is 167 Å². The number of hydrazine groups is 1. The van der Waals surface area contributed by atoms with Crippen LogP contribution in [0, 0.1) is 0 Å². The van der Waals surface area contributed by atoms with Crippen LogP contribution in [0.1, 0.15) is 31.1 Å². The Balaban J connectivity index is 2.08. The van der Waals surface area contributed by atoms with Gasteiger partial charge >= 0.3 is 17.8 Å². The van der Waals surface area contributed by atoms with Crippen molar-refractivity contribution in [3.05, 3.63) is 65.2 Å². The summed E-state index contributed by atoms with van der Waals surface area (Å²) in [6.45, 7) is 4.95. The Morgan fingerprint density at radius 2 is 1.46 bits per heavy atom. The van der Waals surface area contributed by atoms with Gasteiger partial charge in [0, 0.05) is 0 Å². The minimum absolute atomic E-state index is 0.116. The van der Waals surface area contributed by atoms with Crippen molar-refractivity contribution in [1.29, 1.82) is 0 Å². The topological polar surface area (TPSA) is 78.0 Å². The average Bonchev–Trinajstić information content (AvgIpc) is 2.85. The zero-order chi connectivity index (χ0) is 20.6. The molecule has 0 atom stereocenters. The lowest BCUT2D eigenvalue weighted by Crippen LogP contribution is -2.58. The summed E-state index contributed by atoms with van der Waals surface area (Å²) in [6, 6.07) is 13.4. The molecule has 0 saturated carbocycles. The summed E-state index contributed by atoms with van der Waals surface area (Å²) in [7, 11) is 0. The SMILES string of the molecule is CC(C)(C)N(C(=O)c1ccccc1Cl)N1C(=O)C(=O)N(c2ccccc2)C1=O. The number of imide groups is 2. The number of para-hydroxylation sites is 1. The van der Waals surface area contributed by atoms with Gasteiger partial charge in [0.15, 0.2) is 0 Å². The van der Waals surface area contributed by atoms with Gasteiger partial charge in [0.1, 0.15) is 0 Å². The predicted molar refractivity (Wildman–Crippen MR) is 104 cm³/mol. The number of carbonyl (C=O) groups is 4. The monoisotopic (exact) mass is 399 g/mol. The molecule has 1 saturated heterocycles. The van der Waals surface area contributed by atoms with E-state index in [2.05, 4.69) is 0 Å². The Bertz CT molecular complexity index is 969. The molecule has 28 heavy (non-hydrogen) atoms. The highest BCUT2D eigenvalue weighted by Gasteiger charge is 2.52. The molecular formula is C20H18ClN3O4. The third-order valence-corrected chi connectivity index (χ3v) is 4.43. The molecule has 7 nitrogen and oxygen atoms in total. The molecule has 0 bridgehead atoms. The maximum absolute atomic E-state index is 13.2. The molecule has 3 rings (SSSR count). The van der Waals surface area contributed by atoms with Gasteiger partial charge in [-0.15, -0.1) is 0 Å². The first kappa shape index (κ1) is 19.6. The summed E-state index contributed by atoms with van der Waals surface area (Å²) in [4.78, 5) is 52.2. The quantitative estimate of drug-likeness (QED) is 0.584. The van der Waals surface area contributed by atoms with E-state index in [0.29, 0.717) is 5.01 Å². The van der Waals surface area contributed by atoms with Crippen LogP contribution in [-0.2, 0) is 9.59 Å². The molecule has 1 fully saturated rings. The van der Waals surface area contributed by atoms with E-state index in [1.807, 2.05) is 0 Å². The van der Waals surface area contributed by atoms with E-state index >= 15 is 0 Å². The van der Waals surface area contributed by atoms with Crippen molar-refractivity contribution >= 4 is 41.0 Å². The van der Waals surface area contributed by atoms with Crippen molar-refractivity contribution in [3.8, 4) is 0 Å². The number of anilines is 1. The van der Waals surface area contributed by atoms with Crippen LogP contribution in [0.3, 0.4) is 0 Å². The minimum atomic E-state index is -1.11. The first-order chi connectivity index (χ1) is 13.1. The lowest BCUT2D eigenvalue weighted by molar-refractivity contribution is -0.148. The van der Waals surface area contributed by atoms with E-state index in [9.17, 15) is 19.2 Å². The summed E-state index contributed by atoms with van der Waals surface area (Å²) in [5.41, 5.74) is -0.633. The van der Waals surface area contributed by atoms with Crippen molar-refractivity contribution in [1.82, 2.24) is 10.0 Å². The van der Waals surface area contributed by atoms with E-state index in [0.717, 1.165) is 9.91 Å². The second kappa shape index (κ2) is 7.09. The summed E-state index contributed by atoms with van der Waals surface area (Å²) in [5.74, 6) is -2.80. The molecular weight excluding hydrogens is 382 g/mol. The zero-order valence-electron chi connectivity index (χ0n) is 15.5. The van der Waals surface area contributed by atoms with Crippen LogP contribution in [-0.4, -0.2) is 39.3 Å². The number of urea groups is 1. The molecule has 1 heterocycles. The van der Waals surface area contributed by atoms with Crippen LogP contribution >= 0.6 is 11.6 Å². The molecule has 1 aliphatic heterocycles. The highest BCUT2D eigenvalue weighted by molar-refractivity contribution is 6.52. The van der Waals surface area contributed by atoms with Gasteiger partial charge in [-0.05, 0) is 45.0 Å². The number of hydrogen-bond donors (Lipinski definition) is 0. The normalized spacial score (nSPS) is 14.6. The van der Waals surface area contributed by atoms with E-state index < -0.39 is 29.3 Å². The van der Waals surface area contributed by atoms with Gasteiger partial charge in [0.2, 0.25) is 0 Å². The molecule has 0 aliphatic carbocycles. The van der Waals surface area contributed by atoms with Gasteiger partial charge in [0.05, 0.1) is 21.8 Å². The first-order valence-electron chi connectivity index (χ1n) is 8.51. The van der Waals surface area contributed by atoms with Crippen molar-refractivity contribution in [3.63, 3.8) is 0 Å².